The van der Waals surface area contributed by atoms with E-state index in [0.29, 0.717) is 38.8 Å². The molecule has 0 radical (unpaired) electrons. The number of amides is 1. The molecule has 3 N–H and O–H groups in total. The standard InChI is InChI=1S/C28H21FN8O2S/c1-13(38)19-5-6-20(40-19)17-7-8-31-26-23(17)34-27(35-26)24-21-22(29)18(12-32-25(21)37-36-24)15-9-16(11-30-10-15)33-28(39)14-3-2-4-14/h5-12,14H,2-4H2,1H3,(H,33,39)(H,31,34,35)(H,32,36,37). The Morgan fingerprint density at radius 2 is 1.95 bits per heavy atom. The first-order valence-corrected chi connectivity index (χ1v) is 13.5. The summed E-state index contributed by atoms with van der Waals surface area (Å²) >= 11 is 1.38. The summed E-state index contributed by atoms with van der Waals surface area (Å²) in [5.74, 6) is -0.235. The molecule has 0 spiro atoms. The van der Waals surface area contributed by atoms with E-state index < -0.39 is 5.82 Å². The maximum atomic E-state index is 16.1. The molecule has 1 amide bonds. The van der Waals surface area contributed by atoms with Crippen LogP contribution in [0.2, 0.25) is 0 Å². The minimum absolute atomic E-state index is 0.00367. The van der Waals surface area contributed by atoms with Gasteiger partial charge < -0.3 is 10.3 Å². The molecule has 12 heteroatoms. The van der Waals surface area contributed by atoms with Crippen molar-refractivity contribution in [3.05, 3.63) is 59.7 Å². The number of imidazole rings is 1. The van der Waals surface area contributed by atoms with Gasteiger partial charge in [0, 0.05) is 46.1 Å². The van der Waals surface area contributed by atoms with Crippen LogP contribution in [0.5, 0.6) is 0 Å². The number of pyridine rings is 3. The number of hydrogen-bond donors (Lipinski definition) is 3. The number of aromatic amines is 2. The molecule has 0 aromatic carbocycles. The smallest absolute Gasteiger partial charge is 0.227 e. The number of hydrogen-bond acceptors (Lipinski definition) is 8. The van der Waals surface area contributed by atoms with Gasteiger partial charge in [-0.2, -0.15) is 5.10 Å². The Labute approximate surface area is 230 Å². The van der Waals surface area contributed by atoms with Gasteiger partial charge in [0.2, 0.25) is 5.91 Å². The molecule has 7 rings (SSSR count). The van der Waals surface area contributed by atoms with Crippen LogP contribution in [0.4, 0.5) is 10.1 Å². The topological polar surface area (TPSA) is 142 Å². The van der Waals surface area contributed by atoms with Crippen molar-refractivity contribution in [2.24, 2.45) is 5.92 Å². The molecule has 1 saturated carbocycles. The van der Waals surface area contributed by atoms with E-state index >= 15 is 4.39 Å². The fourth-order valence-electron chi connectivity index (χ4n) is 4.80. The van der Waals surface area contributed by atoms with Crippen molar-refractivity contribution < 1.29 is 14.0 Å². The number of nitrogens with one attached hydrogen (secondary N) is 3. The van der Waals surface area contributed by atoms with E-state index in [9.17, 15) is 9.59 Å². The molecule has 0 bridgehead atoms. The maximum Gasteiger partial charge on any atom is 0.227 e. The van der Waals surface area contributed by atoms with Crippen LogP contribution in [0.3, 0.4) is 0 Å². The van der Waals surface area contributed by atoms with Crippen LogP contribution in [-0.2, 0) is 4.79 Å². The van der Waals surface area contributed by atoms with Crippen molar-refractivity contribution in [2.45, 2.75) is 26.2 Å². The van der Waals surface area contributed by atoms with Gasteiger partial charge in [0.1, 0.15) is 11.5 Å². The number of fused-ring (bicyclic) bond motifs is 2. The highest BCUT2D eigenvalue weighted by Gasteiger charge is 2.26. The fraction of sp³-hybridized carbons (Fsp3) is 0.179. The van der Waals surface area contributed by atoms with E-state index in [0.717, 1.165) is 29.7 Å². The minimum atomic E-state index is -0.545. The third-order valence-electron chi connectivity index (χ3n) is 7.16. The largest absolute Gasteiger partial charge is 0.335 e. The summed E-state index contributed by atoms with van der Waals surface area (Å²) in [5, 5.41) is 10.1. The molecule has 6 heterocycles. The van der Waals surface area contributed by atoms with Crippen LogP contribution in [0.25, 0.3) is 55.3 Å². The molecule has 198 valence electrons. The lowest BCUT2D eigenvalue weighted by Gasteiger charge is -2.24. The summed E-state index contributed by atoms with van der Waals surface area (Å²) < 4.78 is 16.1. The van der Waals surface area contributed by atoms with Crippen molar-refractivity contribution >= 4 is 50.9 Å². The Morgan fingerprint density at radius 3 is 2.73 bits per heavy atom. The second-order valence-corrected chi connectivity index (χ2v) is 10.8. The molecule has 0 unspecified atom stereocenters. The highest BCUT2D eigenvalue weighted by atomic mass is 32.1. The molecular formula is C28H21FN8O2S. The van der Waals surface area contributed by atoms with Gasteiger partial charge in [-0.1, -0.05) is 6.42 Å². The molecule has 10 nitrogen and oxygen atoms in total. The molecule has 40 heavy (non-hydrogen) atoms. The van der Waals surface area contributed by atoms with Gasteiger partial charge in [0.05, 0.1) is 27.7 Å². The number of carbonyl (C=O) groups is 2. The highest BCUT2D eigenvalue weighted by Crippen LogP contribution is 2.36. The summed E-state index contributed by atoms with van der Waals surface area (Å²) in [7, 11) is 0. The van der Waals surface area contributed by atoms with Crippen molar-refractivity contribution in [1.82, 2.24) is 35.1 Å². The van der Waals surface area contributed by atoms with Gasteiger partial charge in [0.15, 0.2) is 22.9 Å². The van der Waals surface area contributed by atoms with Crippen LogP contribution >= 0.6 is 11.3 Å². The van der Waals surface area contributed by atoms with Gasteiger partial charge in [0.25, 0.3) is 0 Å². The van der Waals surface area contributed by atoms with Crippen molar-refractivity contribution in [3.8, 4) is 33.1 Å². The lowest BCUT2D eigenvalue weighted by atomic mass is 9.85. The van der Waals surface area contributed by atoms with Gasteiger partial charge in [-0.05, 0) is 44.0 Å². The van der Waals surface area contributed by atoms with E-state index in [1.165, 1.54) is 30.7 Å². The maximum absolute atomic E-state index is 16.1. The third kappa shape index (κ3) is 4.04. The molecule has 1 aliphatic carbocycles. The van der Waals surface area contributed by atoms with Gasteiger partial charge in [-0.25, -0.2) is 19.3 Å². The van der Waals surface area contributed by atoms with Crippen molar-refractivity contribution in [2.75, 3.05) is 5.32 Å². The molecule has 0 atom stereocenters. The molecule has 1 fully saturated rings. The van der Waals surface area contributed by atoms with Crippen LogP contribution in [0.1, 0.15) is 35.9 Å². The van der Waals surface area contributed by atoms with E-state index in [2.05, 4.69) is 40.4 Å². The monoisotopic (exact) mass is 552 g/mol. The Balaban J connectivity index is 1.28. The molecule has 0 aliphatic heterocycles. The predicted octanol–water partition coefficient (Wildman–Crippen LogP) is 5.77. The average Bonchev–Trinajstić information content (AvgIpc) is 3.65. The first-order valence-electron chi connectivity index (χ1n) is 12.7. The average molecular weight is 553 g/mol. The number of aromatic nitrogens is 7. The number of carbonyl (C=O) groups excluding carboxylic acids is 2. The van der Waals surface area contributed by atoms with E-state index in [1.807, 2.05) is 12.1 Å². The zero-order valence-corrected chi connectivity index (χ0v) is 22.0. The molecule has 1 aliphatic rings. The van der Waals surface area contributed by atoms with Gasteiger partial charge >= 0.3 is 0 Å². The number of ketones is 1. The number of anilines is 1. The number of H-pyrrole nitrogens is 2. The summed E-state index contributed by atoms with van der Waals surface area (Å²) in [4.78, 5) is 46.5. The number of Topliss-reactive ketones (excluding diaryl/α,β-unsaturated/α-hetero) is 1. The van der Waals surface area contributed by atoms with E-state index in [-0.39, 0.29) is 34.2 Å². The predicted molar refractivity (Wildman–Crippen MR) is 149 cm³/mol. The lowest BCUT2D eigenvalue weighted by molar-refractivity contribution is -0.122. The summed E-state index contributed by atoms with van der Waals surface area (Å²) in [5.41, 5.74) is 3.62. The summed E-state index contributed by atoms with van der Waals surface area (Å²) in [6, 6.07) is 7.20. The molecular weight excluding hydrogens is 531 g/mol. The lowest BCUT2D eigenvalue weighted by Crippen LogP contribution is -2.28. The SMILES string of the molecule is CC(=O)c1ccc(-c2ccnc3nc(-c4[nH]nc5ncc(-c6cncc(NC(=O)C7CCC7)c6)c(F)c45)[nH]c23)s1. The minimum Gasteiger partial charge on any atom is -0.335 e. The third-order valence-corrected chi connectivity index (χ3v) is 8.38. The Morgan fingerprint density at radius 1 is 1.07 bits per heavy atom. The quantitative estimate of drug-likeness (QED) is 0.223. The summed E-state index contributed by atoms with van der Waals surface area (Å²) in [6.45, 7) is 1.53. The van der Waals surface area contributed by atoms with Crippen LogP contribution in [-0.4, -0.2) is 46.8 Å². The van der Waals surface area contributed by atoms with Crippen molar-refractivity contribution in [3.63, 3.8) is 0 Å². The second kappa shape index (κ2) is 9.42. The number of rotatable bonds is 6. The normalized spacial score (nSPS) is 13.6. The Hall–Kier alpha value is -4.84. The number of nitrogens with zero attached hydrogens (tertiary/aromatic N) is 5. The Kier molecular flexibility index (Phi) is 5.70. The fourth-order valence-corrected chi connectivity index (χ4v) is 5.73. The molecule has 6 aromatic heterocycles. The van der Waals surface area contributed by atoms with Gasteiger partial charge in [-0.15, -0.1) is 11.3 Å². The van der Waals surface area contributed by atoms with Gasteiger partial charge in [-0.3, -0.25) is 19.7 Å². The first-order chi connectivity index (χ1) is 19.5. The first kappa shape index (κ1) is 24.2. The zero-order chi connectivity index (χ0) is 27.4. The summed E-state index contributed by atoms with van der Waals surface area (Å²) in [6.07, 6.45) is 8.92. The zero-order valence-electron chi connectivity index (χ0n) is 21.2. The van der Waals surface area contributed by atoms with E-state index in [4.69, 9.17) is 0 Å². The van der Waals surface area contributed by atoms with E-state index in [1.54, 1.807) is 24.5 Å². The van der Waals surface area contributed by atoms with Crippen LogP contribution < -0.4 is 5.32 Å². The molecule has 6 aromatic rings. The second-order valence-electron chi connectivity index (χ2n) is 9.73. The number of thiophene rings is 1. The Bertz CT molecular complexity index is 1950. The van der Waals surface area contributed by atoms with Crippen LogP contribution in [0.15, 0.2) is 49.1 Å². The number of halogens is 1. The molecule has 0 saturated heterocycles. The van der Waals surface area contributed by atoms with Crippen molar-refractivity contribution in [1.29, 1.82) is 0 Å². The highest BCUT2D eigenvalue weighted by molar-refractivity contribution is 7.17. The van der Waals surface area contributed by atoms with Crippen LogP contribution in [0, 0.1) is 11.7 Å².